The van der Waals surface area contributed by atoms with E-state index in [1.165, 1.54) is 5.01 Å². The number of hydrogen-bond donors (Lipinski definition) is 1. The number of aryl methyl sites for hydroxylation is 1. The van der Waals surface area contributed by atoms with Crippen LogP contribution in [0.5, 0.6) is 0 Å². The van der Waals surface area contributed by atoms with Gasteiger partial charge >= 0.3 is 0 Å². The first-order chi connectivity index (χ1) is 8.15. The van der Waals surface area contributed by atoms with Gasteiger partial charge in [0.1, 0.15) is 0 Å². The standard InChI is InChI=1S/C13H15BrN2S/c1-9(15)2-7-13-16-12(8-17-13)10-3-5-11(14)6-4-10/h3-6,8-9H,2,7,15H2,1H3. The summed E-state index contributed by atoms with van der Waals surface area (Å²) in [6.07, 6.45) is 1.96. The van der Waals surface area contributed by atoms with Crippen LogP contribution < -0.4 is 5.73 Å². The van der Waals surface area contributed by atoms with Crippen molar-refractivity contribution in [2.45, 2.75) is 25.8 Å². The number of benzene rings is 1. The topological polar surface area (TPSA) is 38.9 Å². The van der Waals surface area contributed by atoms with E-state index in [1.54, 1.807) is 11.3 Å². The molecule has 90 valence electrons. The van der Waals surface area contributed by atoms with E-state index in [9.17, 15) is 0 Å². The molecule has 1 heterocycles. The average molecular weight is 311 g/mol. The summed E-state index contributed by atoms with van der Waals surface area (Å²) in [6, 6.07) is 8.48. The molecule has 0 amide bonds. The Labute approximate surface area is 114 Å². The van der Waals surface area contributed by atoms with Crippen LogP contribution in [0.25, 0.3) is 11.3 Å². The van der Waals surface area contributed by atoms with E-state index < -0.39 is 0 Å². The monoisotopic (exact) mass is 310 g/mol. The minimum absolute atomic E-state index is 0.245. The molecule has 0 radical (unpaired) electrons. The first-order valence-electron chi connectivity index (χ1n) is 5.61. The highest BCUT2D eigenvalue weighted by atomic mass is 79.9. The molecule has 2 rings (SSSR count). The number of nitrogens with zero attached hydrogens (tertiary/aromatic N) is 1. The van der Waals surface area contributed by atoms with Crippen LogP contribution in [0.15, 0.2) is 34.1 Å². The Morgan fingerprint density at radius 2 is 2.06 bits per heavy atom. The molecule has 4 heteroatoms. The highest BCUT2D eigenvalue weighted by molar-refractivity contribution is 9.10. The van der Waals surface area contributed by atoms with Gasteiger partial charge in [-0.1, -0.05) is 28.1 Å². The van der Waals surface area contributed by atoms with Gasteiger partial charge in [-0.15, -0.1) is 11.3 Å². The van der Waals surface area contributed by atoms with E-state index >= 15 is 0 Å². The molecule has 0 bridgehead atoms. The third kappa shape index (κ3) is 3.63. The molecule has 17 heavy (non-hydrogen) atoms. The fourth-order valence-corrected chi connectivity index (χ4v) is 2.62. The predicted octanol–water partition coefficient (Wildman–Crippen LogP) is 3.85. The second kappa shape index (κ2) is 5.76. The van der Waals surface area contributed by atoms with Crippen LogP contribution in [0.2, 0.25) is 0 Å². The van der Waals surface area contributed by atoms with Crippen molar-refractivity contribution in [2.24, 2.45) is 5.73 Å². The van der Waals surface area contributed by atoms with Gasteiger partial charge < -0.3 is 5.73 Å². The zero-order valence-corrected chi connectivity index (χ0v) is 12.1. The van der Waals surface area contributed by atoms with Gasteiger partial charge in [0.05, 0.1) is 10.7 Å². The largest absolute Gasteiger partial charge is 0.328 e. The Kier molecular flexibility index (Phi) is 4.31. The lowest BCUT2D eigenvalue weighted by Gasteiger charge is -2.01. The summed E-state index contributed by atoms with van der Waals surface area (Å²) in [5, 5.41) is 3.28. The first kappa shape index (κ1) is 12.7. The highest BCUT2D eigenvalue weighted by Gasteiger charge is 2.05. The van der Waals surface area contributed by atoms with Crippen molar-refractivity contribution in [1.29, 1.82) is 0 Å². The number of rotatable bonds is 4. The number of thiazole rings is 1. The Hall–Kier alpha value is -0.710. The molecule has 2 aromatic rings. The lowest BCUT2D eigenvalue weighted by atomic mass is 10.2. The van der Waals surface area contributed by atoms with Crippen molar-refractivity contribution < 1.29 is 0 Å². The third-order valence-corrected chi connectivity index (χ3v) is 3.94. The van der Waals surface area contributed by atoms with Crippen molar-refractivity contribution in [3.63, 3.8) is 0 Å². The summed E-state index contributed by atoms with van der Waals surface area (Å²) < 4.78 is 1.09. The maximum atomic E-state index is 5.75. The third-order valence-electron chi connectivity index (χ3n) is 2.51. The Bertz CT molecular complexity index is 476. The van der Waals surface area contributed by atoms with Gasteiger partial charge in [0.2, 0.25) is 0 Å². The zero-order valence-electron chi connectivity index (χ0n) is 9.69. The summed E-state index contributed by atoms with van der Waals surface area (Å²) in [6.45, 7) is 2.03. The number of hydrogen-bond acceptors (Lipinski definition) is 3. The van der Waals surface area contributed by atoms with Crippen LogP contribution in [-0.2, 0) is 6.42 Å². The number of nitrogens with two attached hydrogens (primary N) is 1. The smallest absolute Gasteiger partial charge is 0.0933 e. The summed E-state index contributed by atoms with van der Waals surface area (Å²) >= 11 is 5.14. The number of aromatic nitrogens is 1. The van der Waals surface area contributed by atoms with Gasteiger partial charge in [0.15, 0.2) is 0 Å². The van der Waals surface area contributed by atoms with E-state index in [1.807, 2.05) is 19.1 Å². The maximum absolute atomic E-state index is 5.75. The second-order valence-corrected chi connectivity index (χ2v) is 6.01. The Morgan fingerprint density at radius 1 is 1.35 bits per heavy atom. The molecule has 0 aliphatic carbocycles. The summed E-state index contributed by atoms with van der Waals surface area (Å²) in [4.78, 5) is 4.63. The van der Waals surface area contributed by atoms with Crippen LogP contribution in [0, 0.1) is 0 Å². The zero-order chi connectivity index (χ0) is 12.3. The number of halogens is 1. The molecular weight excluding hydrogens is 296 g/mol. The Morgan fingerprint density at radius 3 is 2.71 bits per heavy atom. The van der Waals surface area contributed by atoms with Crippen LogP contribution in [-0.4, -0.2) is 11.0 Å². The van der Waals surface area contributed by atoms with E-state index in [2.05, 4.69) is 38.4 Å². The van der Waals surface area contributed by atoms with E-state index in [0.29, 0.717) is 0 Å². The van der Waals surface area contributed by atoms with Gasteiger partial charge in [0.25, 0.3) is 0 Å². The van der Waals surface area contributed by atoms with Crippen LogP contribution in [0.4, 0.5) is 0 Å². The fraction of sp³-hybridized carbons (Fsp3) is 0.308. The normalized spacial score (nSPS) is 12.6. The van der Waals surface area contributed by atoms with E-state index in [4.69, 9.17) is 5.73 Å². The average Bonchev–Trinajstić information content (AvgIpc) is 2.76. The van der Waals surface area contributed by atoms with E-state index in [0.717, 1.165) is 28.6 Å². The molecule has 0 aliphatic heterocycles. The quantitative estimate of drug-likeness (QED) is 0.931. The fourth-order valence-electron chi connectivity index (χ4n) is 1.53. The van der Waals surface area contributed by atoms with Gasteiger partial charge in [0, 0.05) is 27.9 Å². The summed E-state index contributed by atoms with van der Waals surface area (Å²) in [5.74, 6) is 0. The van der Waals surface area contributed by atoms with Gasteiger partial charge in [-0.2, -0.15) is 0 Å². The van der Waals surface area contributed by atoms with Crippen LogP contribution in [0.1, 0.15) is 18.4 Å². The first-order valence-corrected chi connectivity index (χ1v) is 7.28. The van der Waals surface area contributed by atoms with Gasteiger partial charge in [-0.05, 0) is 25.5 Å². The van der Waals surface area contributed by atoms with Crippen molar-refractivity contribution in [3.05, 3.63) is 39.1 Å². The predicted molar refractivity (Wildman–Crippen MR) is 77.2 cm³/mol. The van der Waals surface area contributed by atoms with E-state index in [-0.39, 0.29) is 6.04 Å². The lowest BCUT2D eigenvalue weighted by molar-refractivity contribution is 0.664. The molecule has 1 aromatic heterocycles. The maximum Gasteiger partial charge on any atom is 0.0933 e. The molecule has 0 fully saturated rings. The molecule has 0 saturated heterocycles. The van der Waals surface area contributed by atoms with Gasteiger partial charge in [-0.3, -0.25) is 0 Å². The minimum atomic E-state index is 0.245. The molecule has 0 spiro atoms. The molecular formula is C13H15BrN2S. The van der Waals surface area contributed by atoms with Crippen molar-refractivity contribution >= 4 is 27.3 Å². The minimum Gasteiger partial charge on any atom is -0.328 e. The van der Waals surface area contributed by atoms with Crippen LogP contribution >= 0.6 is 27.3 Å². The summed E-state index contributed by atoms with van der Waals surface area (Å²) in [7, 11) is 0. The van der Waals surface area contributed by atoms with Crippen molar-refractivity contribution in [2.75, 3.05) is 0 Å². The molecule has 1 atom stereocenters. The van der Waals surface area contributed by atoms with Crippen molar-refractivity contribution in [1.82, 2.24) is 4.98 Å². The molecule has 0 saturated carbocycles. The van der Waals surface area contributed by atoms with Crippen molar-refractivity contribution in [3.8, 4) is 11.3 Å². The second-order valence-electron chi connectivity index (χ2n) is 4.15. The molecule has 2 N–H and O–H groups in total. The molecule has 2 nitrogen and oxygen atoms in total. The highest BCUT2D eigenvalue weighted by Crippen LogP contribution is 2.24. The summed E-state index contributed by atoms with van der Waals surface area (Å²) in [5.41, 5.74) is 7.97. The molecule has 1 aromatic carbocycles. The molecule has 0 aliphatic rings. The van der Waals surface area contributed by atoms with Gasteiger partial charge in [-0.25, -0.2) is 4.98 Å². The van der Waals surface area contributed by atoms with Crippen LogP contribution in [0.3, 0.4) is 0 Å². The lowest BCUT2D eigenvalue weighted by Crippen LogP contribution is -2.15. The SMILES string of the molecule is CC(N)CCc1nc(-c2ccc(Br)cc2)cs1. The molecule has 1 unspecified atom stereocenters. The Balaban J connectivity index is 2.10.